The van der Waals surface area contributed by atoms with E-state index >= 15 is 0 Å². The SMILES string of the molecule is CC(C)(C)N1C=NCN(C(C)(C)C)C1NC1(O)C=CC=CC1. The first kappa shape index (κ1) is 17.2. The van der Waals surface area contributed by atoms with E-state index in [4.69, 9.17) is 0 Å². The van der Waals surface area contributed by atoms with E-state index < -0.39 is 5.72 Å². The van der Waals surface area contributed by atoms with Gasteiger partial charge in [0.15, 0.2) is 0 Å². The van der Waals surface area contributed by atoms with Crippen molar-refractivity contribution in [2.45, 2.75) is 71.1 Å². The molecule has 0 saturated carbocycles. The molecule has 2 N–H and O–H groups in total. The molecule has 2 rings (SSSR count). The molecular formula is C17H30N4O. The van der Waals surface area contributed by atoms with Gasteiger partial charge in [0.05, 0.1) is 13.0 Å². The molecule has 5 nitrogen and oxygen atoms in total. The second kappa shape index (κ2) is 5.80. The summed E-state index contributed by atoms with van der Waals surface area (Å²) < 4.78 is 0. The minimum atomic E-state index is -1.03. The van der Waals surface area contributed by atoms with Gasteiger partial charge in [-0.05, 0) is 47.6 Å². The van der Waals surface area contributed by atoms with E-state index in [1.54, 1.807) is 0 Å². The zero-order chi connectivity index (χ0) is 16.6. The lowest BCUT2D eigenvalue weighted by Gasteiger charge is -2.53. The zero-order valence-electron chi connectivity index (χ0n) is 14.7. The normalized spacial score (nSPS) is 30.1. The van der Waals surface area contributed by atoms with Crippen LogP contribution in [-0.2, 0) is 0 Å². The molecule has 0 saturated heterocycles. The summed E-state index contributed by atoms with van der Waals surface area (Å²) in [5.41, 5.74) is -1.20. The Labute approximate surface area is 134 Å². The fourth-order valence-corrected chi connectivity index (χ4v) is 2.71. The Morgan fingerprint density at radius 3 is 2.32 bits per heavy atom. The summed E-state index contributed by atoms with van der Waals surface area (Å²) in [6.07, 6.45) is 9.97. The maximum Gasteiger partial charge on any atom is 0.142 e. The van der Waals surface area contributed by atoms with Crippen molar-refractivity contribution in [1.82, 2.24) is 15.1 Å². The van der Waals surface area contributed by atoms with Gasteiger partial charge in [-0.25, -0.2) is 4.90 Å². The number of aliphatic hydroxyl groups is 1. The Bertz CT molecular complexity index is 484. The van der Waals surface area contributed by atoms with Crippen molar-refractivity contribution in [2.75, 3.05) is 6.67 Å². The highest BCUT2D eigenvalue weighted by molar-refractivity contribution is 5.57. The largest absolute Gasteiger partial charge is 0.372 e. The van der Waals surface area contributed by atoms with Gasteiger partial charge in [0.25, 0.3) is 0 Å². The fourth-order valence-electron chi connectivity index (χ4n) is 2.71. The van der Waals surface area contributed by atoms with Crippen LogP contribution in [0, 0.1) is 0 Å². The molecule has 2 atom stereocenters. The second-order valence-electron chi connectivity index (χ2n) is 8.09. The molecule has 0 fully saturated rings. The van der Waals surface area contributed by atoms with Gasteiger partial charge in [0, 0.05) is 17.5 Å². The summed E-state index contributed by atoms with van der Waals surface area (Å²) in [7, 11) is 0. The van der Waals surface area contributed by atoms with Crippen molar-refractivity contribution in [3.63, 3.8) is 0 Å². The standard InChI is InChI=1S/C17H30N4O/c1-15(2,3)20-12-18-13-21(16(4,5)6)14(20)19-17(22)10-8-7-9-11-17/h7-10,12,14,19,22H,11,13H2,1-6H3. The molecule has 1 aliphatic heterocycles. The molecule has 0 aromatic heterocycles. The number of nitrogens with zero attached hydrogens (tertiary/aromatic N) is 3. The Hall–Kier alpha value is -1.17. The van der Waals surface area contributed by atoms with Crippen molar-refractivity contribution >= 4 is 6.34 Å². The number of aliphatic imine (C=N–C) groups is 1. The molecular weight excluding hydrogens is 276 g/mol. The van der Waals surface area contributed by atoms with Crippen molar-refractivity contribution in [1.29, 1.82) is 0 Å². The molecule has 22 heavy (non-hydrogen) atoms. The Morgan fingerprint density at radius 1 is 1.14 bits per heavy atom. The molecule has 1 heterocycles. The lowest BCUT2D eigenvalue weighted by Crippen LogP contribution is -2.70. The predicted octanol–water partition coefficient (Wildman–Crippen LogP) is 2.26. The first-order valence-corrected chi connectivity index (χ1v) is 7.93. The molecule has 0 aromatic rings. The third-order valence-corrected chi connectivity index (χ3v) is 4.06. The third-order valence-electron chi connectivity index (χ3n) is 4.06. The summed E-state index contributed by atoms with van der Waals surface area (Å²) in [6, 6.07) is 0. The van der Waals surface area contributed by atoms with Crippen molar-refractivity contribution in [3.05, 3.63) is 24.3 Å². The number of hydrogen-bond donors (Lipinski definition) is 2. The minimum absolute atomic E-state index is 0.0660. The highest BCUT2D eigenvalue weighted by atomic mass is 16.3. The van der Waals surface area contributed by atoms with Gasteiger partial charge in [-0.2, -0.15) is 0 Å². The van der Waals surface area contributed by atoms with Gasteiger partial charge in [0.2, 0.25) is 0 Å². The molecule has 124 valence electrons. The van der Waals surface area contributed by atoms with Crippen molar-refractivity contribution in [2.24, 2.45) is 4.99 Å². The van der Waals surface area contributed by atoms with Crippen molar-refractivity contribution in [3.8, 4) is 0 Å². The summed E-state index contributed by atoms with van der Waals surface area (Å²) in [6.45, 7) is 13.6. The molecule has 0 spiro atoms. The smallest absolute Gasteiger partial charge is 0.142 e. The topological polar surface area (TPSA) is 51.1 Å². The van der Waals surface area contributed by atoms with Crippen LogP contribution in [0.15, 0.2) is 29.3 Å². The molecule has 1 aliphatic carbocycles. The Kier molecular flexibility index (Phi) is 4.53. The lowest BCUT2D eigenvalue weighted by atomic mass is 10.0. The van der Waals surface area contributed by atoms with Gasteiger partial charge in [-0.15, -0.1) is 0 Å². The minimum Gasteiger partial charge on any atom is -0.372 e. The van der Waals surface area contributed by atoms with E-state index in [0.29, 0.717) is 13.1 Å². The molecule has 5 heteroatoms. The number of allylic oxidation sites excluding steroid dienone is 2. The maximum absolute atomic E-state index is 10.8. The summed E-state index contributed by atoms with van der Waals surface area (Å²) in [4.78, 5) is 8.95. The molecule has 0 aromatic carbocycles. The van der Waals surface area contributed by atoms with Gasteiger partial charge in [-0.3, -0.25) is 10.3 Å². The lowest BCUT2D eigenvalue weighted by molar-refractivity contribution is -0.0880. The van der Waals surface area contributed by atoms with Gasteiger partial charge >= 0.3 is 0 Å². The van der Waals surface area contributed by atoms with Crippen LogP contribution in [0.5, 0.6) is 0 Å². The summed E-state index contributed by atoms with van der Waals surface area (Å²) >= 11 is 0. The van der Waals surface area contributed by atoms with E-state index in [2.05, 4.69) is 61.7 Å². The molecule has 2 aliphatic rings. The molecule has 0 amide bonds. The van der Waals surface area contributed by atoms with E-state index in [1.165, 1.54) is 0 Å². The van der Waals surface area contributed by atoms with Crippen molar-refractivity contribution < 1.29 is 5.11 Å². The summed E-state index contributed by atoms with van der Waals surface area (Å²) in [5, 5.41) is 14.3. The van der Waals surface area contributed by atoms with Gasteiger partial charge in [0.1, 0.15) is 12.0 Å². The monoisotopic (exact) mass is 306 g/mol. The molecule has 0 bridgehead atoms. The van der Waals surface area contributed by atoms with Crippen LogP contribution in [0.25, 0.3) is 0 Å². The van der Waals surface area contributed by atoms with Gasteiger partial charge < -0.3 is 10.0 Å². The molecule has 2 unspecified atom stereocenters. The average molecular weight is 306 g/mol. The second-order valence-corrected chi connectivity index (χ2v) is 8.09. The zero-order valence-corrected chi connectivity index (χ0v) is 14.7. The molecule has 0 radical (unpaired) electrons. The Morgan fingerprint density at radius 2 is 1.82 bits per heavy atom. The number of hydrogen-bond acceptors (Lipinski definition) is 5. The van der Waals surface area contributed by atoms with E-state index in [9.17, 15) is 5.11 Å². The van der Waals surface area contributed by atoms with Crippen LogP contribution in [0.1, 0.15) is 48.0 Å². The van der Waals surface area contributed by atoms with Crippen LogP contribution < -0.4 is 5.32 Å². The predicted molar refractivity (Wildman–Crippen MR) is 91.3 cm³/mol. The van der Waals surface area contributed by atoms with Crippen LogP contribution in [0.2, 0.25) is 0 Å². The van der Waals surface area contributed by atoms with E-state index in [-0.39, 0.29) is 17.4 Å². The highest BCUT2D eigenvalue weighted by Gasteiger charge is 2.41. The van der Waals surface area contributed by atoms with Gasteiger partial charge in [-0.1, -0.05) is 18.2 Å². The third kappa shape index (κ3) is 3.77. The average Bonchev–Trinajstić information content (AvgIpc) is 2.36. The number of rotatable bonds is 2. The fraction of sp³-hybridized carbons (Fsp3) is 0.706. The number of nitrogens with one attached hydrogen (secondary N) is 1. The van der Waals surface area contributed by atoms with Crippen LogP contribution in [0.4, 0.5) is 0 Å². The van der Waals surface area contributed by atoms with Crippen LogP contribution in [-0.4, -0.2) is 51.0 Å². The van der Waals surface area contributed by atoms with Crippen LogP contribution >= 0.6 is 0 Å². The maximum atomic E-state index is 10.8. The first-order valence-electron chi connectivity index (χ1n) is 7.93. The first-order chi connectivity index (χ1) is 10.0. The quantitative estimate of drug-likeness (QED) is 0.769. The van der Waals surface area contributed by atoms with E-state index in [0.717, 1.165) is 0 Å². The van der Waals surface area contributed by atoms with E-state index in [1.807, 2.05) is 30.6 Å². The highest BCUT2D eigenvalue weighted by Crippen LogP contribution is 2.27. The summed E-state index contributed by atoms with van der Waals surface area (Å²) in [5.74, 6) is 0. The van der Waals surface area contributed by atoms with Crippen LogP contribution in [0.3, 0.4) is 0 Å². The Balaban J connectivity index is 2.32.